The van der Waals surface area contributed by atoms with E-state index < -0.39 is 0 Å². The van der Waals surface area contributed by atoms with Crippen molar-refractivity contribution in [3.63, 3.8) is 0 Å². The highest BCUT2D eigenvalue weighted by Gasteiger charge is 2.14. The predicted molar refractivity (Wildman–Crippen MR) is 76.4 cm³/mol. The predicted octanol–water partition coefficient (Wildman–Crippen LogP) is 4.56. The van der Waals surface area contributed by atoms with Crippen LogP contribution in [0.15, 0.2) is 22.7 Å². The lowest BCUT2D eigenvalue weighted by Gasteiger charge is -2.18. The molecule has 0 radical (unpaired) electrons. The zero-order valence-electron chi connectivity index (χ0n) is 10.1. The standard InChI is InChI=1S/C13H16BrNOS/c1-3-10(6-7-17-9-15)12-8-11(14)4-5-13(12)16-2/h4-5,8,10H,3,6-7H2,1-2H3. The molecule has 0 spiro atoms. The summed E-state index contributed by atoms with van der Waals surface area (Å²) in [6.07, 6.45) is 2.06. The molecular weight excluding hydrogens is 298 g/mol. The summed E-state index contributed by atoms with van der Waals surface area (Å²) in [4.78, 5) is 0. The van der Waals surface area contributed by atoms with Crippen molar-refractivity contribution in [3.05, 3.63) is 28.2 Å². The van der Waals surface area contributed by atoms with Gasteiger partial charge in [-0.1, -0.05) is 22.9 Å². The fraction of sp³-hybridized carbons (Fsp3) is 0.462. The van der Waals surface area contributed by atoms with Crippen LogP contribution in [0.5, 0.6) is 5.75 Å². The second-order valence-electron chi connectivity index (χ2n) is 3.72. The number of ether oxygens (including phenoxy) is 1. The summed E-state index contributed by atoms with van der Waals surface area (Å²) in [5, 5.41) is 10.7. The Kier molecular flexibility index (Phi) is 6.46. The van der Waals surface area contributed by atoms with Gasteiger partial charge in [-0.15, -0.1) is 0 Å². The number of hydrogen-bond acceptors (Lipinski definition) is 3. The molecule has 0 aliphatic carbocycles. The quantitative estimate of drug-likeness (QED) is 0.570. The van der Waals surface area contributed by atoms with Gasteiger partial charge in [-0.2, -0.15) is 5.26 Å². The lowest BCUT2D eigenvalue weighted by atomic mass is 9.93. The lowest BCUT2D eigenvalue weighted by molar-refractivity contribution is 0.403. The van der Waals surface area contributed by atoms with E-state index in [2.05, 4.69) is 34.3 Å². The molecule has 1 unspecified atom stereocenters. The second kappa shape index (κ2) is 7.62. The fourth-order valence-corrected chi connectivity index (χ4v) is 2.72. The number of thioether (sulfide) groups is 1. The van der Waals surface area contributed by atoms with Crippen LogP contribution in [0.1, 0.15) is 31.2 Å². The van der Waals surface area contributed by atoms with E-state index in [0.717, 1.165) is 28.8 Å². The van der Waals surface area contributed by atoms with E-state index in [4.69, 9.17) is 10.00 Å². The second-order valence-corrected chi connectivity index (χ2v) is 5.52. The molecule has 92 valence electrons. The summed E-state index contributed by atoms with van der Waals surface area (Å²) >= 11 is 4.81. The van der Waals surface area contributed by atoms with Gasteiger partial charge in [-0.25, -0.2) is 0 Å². The summed E-state index contributed by atoms with van der Waals surface area (Å²) in [5.74, 6) is 2.25. The molecule has 0 bridgehead atoms. The Morgan fingerprint density at radius 1 is 1.53 bits per heavy atom. The van der Waals surface area contributed by atoms with E-state index >= 15 is 0 Å². The summed E-state index contributed by atoms with van der Waals surface area (Å²) < 4.78 is 6.47. The van der Waals surface area contributed by atoms with Crippen LogP contribution in [0.2, 0.25) is 0 Å². The lowest BCUT2D eigenvalue weighted by Crippen LogP contribution is -2.02. The molecule has 1 rings (SSSR count). The summed E-state index contributed by atoms with van der Waals surface area (Å²) in [5.41, 5.74) is 1.22. The maximum Gasteiger partial charge on any atom is 0.133 e. The Labute approximate surface area is 115 Å². The smallest absolute Gasteiger partial charge is 0.133 e. The van der Waals surface area contributed by atoms with Gasteiger partial charge in [0.1, 0.15) is 11.2 Å². The van der Waals surface area contributed by atoms with Crippen molar-refractivity contribution in [2.45, 2.75) is 25.7 Å². The van der Waals surface area contributed by atoms with Gasteiger partial charge >= 0.3 is 0 Å². The van der Waals surface area contributed by atoms with E-state index in [-0.39, 0.29) is 0 Å². The van der Waals surface area contributed by atoms with Crippen LogP contribution in [0.3, 0.4) is 0 Å². The minimum Gasteiger partial charge on any atom is -0.496 e. The van der Waals surface area contributed by atoms with Crippen LogP contribution in [0.25, 0.3) is 0 Å². The Balaban J connectivity index is 2.86. The first-order valence-electron chi connectivity index (χ1n) is 5.57. The van der Waals surface area contributed by atoms with Gasteiger partial charge in [-0.3, -0.25) is 0 Å². The number of methoxy groups -OCH3 is 1. The van der Waals surface area contributed by atoms with Crippen molar-refractivity contribution in [1.82, 2.24) is 0 Å². The molecule has 0 amide bonds. The van der Waals surface area contributed by atoms with Crippen molar-refractivity contribution < 1.29 is 4.74 Å². The third-order valence-electron chi connectivity index (χ3n) is 2.76. The number of rotatable bonds is 6. The number of benzene rings is 1. The topological polar surface area (TPSA) is 33.0 Å². The van der Waals surface area contributed by atoms with Gasteiger partial charge < -0.3 is 4.74 Å². The summed E-state index contributed by atoms with van der Waals surface area (Å²) in [7, 11) is 1.70. The largest absolute Gasteiger partial charge is 0.496 e. The van der Waals surface area contributed by atoms with E-state index in [1.54, 1.807) is 7.11 Å². The van der Waals surface area contributed by atoms with Crippen LogP contribution >= 0.6 is 27.7 Å². The zero-order chi connectivity index (χ0) is 12.7. The first kappa shape index (κ1) is 14.4. The molecule has 0 N–H and O–H groups in total. The highest BCUT2D eigenvalue weighted by atomic mass is 79.9. The highest BCUT2D eigenvalue weighted by molar-refractivity contribution is 9.10. The fourth-order valence-electron chi connectivity index (χ4n) is 1.85. The van der Waals surface area contributed by atoms with E-state index in [1.165, 1.54) is 17.3 Å². The van der Waals surface area contributed by atoms with E-state index in [0.29, 0.717) is 5.92 Å². The Morgan fingerprint density at radius 3 is 2.88 bits per heavy atom. The average Bonchev–Trinajstić information content (AvgIpc) is 2.35. The molecule has 1 atom stereocenters. The minimum absolute atomic E-state index is 0.447. The number of halogens is 1. The Hall–Kier alpha value is -0.660. The third-order valence-corrected chi connectivity index (χ3v) is 3.82. The number of thiocyanates is 1. The highest BCUT2D eigenvalue weighted by Crippen LogP contribution is 2.34. The Bertz CT molecular complexity index is 403. The van der Waals surface area contributed by atoms with Crippen molar-refractivity contribution in [3.8, 4) is 11.2 Å². The molecule has 1 aromatic rings. The van der Waals surface area contributed by atoms with E-state index in [1.807, 2.05) is 12.1 Å². The summed E-state index contributed by atoms with van der Waals surface area (Å²) in [6.45, 7) is 2.17. The molecule has 0 aliphatic heterocycles. The monoisotopic (exact) mass is 313 g/mol. The number of nitriles is 1. The molecule has 0 aromatic heterocycles. The molecule has 0 saturated heterocycles. The number of nitrogens with zero attached hydrogens (tertiary/aromatic N) is 1. The van der Waals surface area contributed by atoms with Crippen LogP contribution < -0.4 is 4.74 Å². The van der Waals surface area contributed by atoms with Crippen molar-refractivity contribution in [2.24, 2.45) is 0 Å². The van der Waals surface area contributed by atoms with Gasteiger partial charge in [0, 0.05) is 10.2 Å². The molecular formula is C13H16BrNOS. The minimum atomic E-state index is 0.447. The SMILES string of the molecule is CCC(CCSC#N)c1cc(Br)ccc1OC. The molecule has 0 fully saturated rings. The van der Waals surface area contributed by atoms with Gasteiger partial charge in [0.15, 0.2) is 0 Å². The van der Waals surface area contributed by atoms with Crippen LogP contribution in [-0.2, 0) is 0 Å². The summed E-state index contributed by atoms with van der Waals surface area (Å²) in [6, 6.07) is 6.09. The molecule has 4 heteroatoms. The Morgan fingerprint density at radius 2 is 2.29 bits per heavy atom. The van der Waals surface area contributed by atoms with Crippen molar-refractivity contribution >= 4 is 27.7 Å². The molecule has 1 aromatic carbocycles. The molecule has 2 nitrogen and oxygen atoms in total. The molecule has 0 aliphatic rings. The van der Waals surface area contributed by atoms with Gasteiger partial charge in [0.2, 0.25) is 0 Å². The first-order chi connectivity index (χ1) is 8.22. The molecule has 0 saturated carbocycles. The van der Waals surface area contributed by atoms with Gasteiger partial charge in [0.25, 0.3) is 0 Å². The average molecular weight is 314 g/mol. The third kappa shape index (κ3) is 4.25. The van der Waals surface area contributed by atoms with Crippen LogP contribution in [0.4, 0.5) is 0 Å². The maximum absolute atomic E-state index is 8.55. The first-order valence-corrected chi connectivity index (χ1v) is 7.35. The van der Waals surface area contributed by atoms with Crippen LogP contribution in [-0.4, -0.2) is 12.9 Å². The zero-order valence-corrected chi connectivity index (χ0v) is 12.5. The van der Waals surface area contributed by atoms with Crippen molar-refractivity contribution in [1.29, 1.82) is 5.26 Å². The van der Waals surface area contributed by atoms with E-state index in [9.17, 15) is 0 Å². The molecule has 0 heterocycles. The van der Waals surface area contributed by atoms with Crippen molar-refractivity contribution in [2.75, 3.05) is 12.9 Å². The maximum atomic E-state index is 8.55. The van der Waals surface area contributed by atoms with Gasteiger partial charge in [0.05, 0.1) is 7.11 Å². The van der Waals surface area contributed by atoms with Gasteiger partial charge in [-0.05, 0) is 54.3 Å². The number of hydrogen-bond donors (Lipinski definition) is 0. The normalized spacial score (nSPS) is 11.9. The van der Waals surface area contributed by atoms with Crippen LogP contribution in [0, 0.1) is 10.7 Å². The molecule has 17 heavy (non-hydrogen) atoms.